The third-order valence-electron chi connectivity index (χ3n) is 3.81. The number of aliphatic hydroxyl groups is 1. The van der Waals surface area contributed by atoms with Crippen LogP contribution in [0.2, 0.25) is 0 Å². The number of aromatic nitrogens is 2. The Morgan fingerprint density at radius 3 is 3.00 bits per heavy atom. The molecule has 1 aromatic carbocycles. The number of ether oxygens (including phenoxy) is 1. The highest BCUT2D eigenvalue weighted by Crippen LogP contribution is 2.35. The van der Waals surface area contributed by atoms with Crippen molar-refractivity contribution in [2.45, 2.75) is 39.3 Å². The zero-order chi connectivity index (χ0) is 15.0. The van der Waals surface area contributed by atoms with Gasteiger partial charge in [0.1, 0.15) is 5.75 Å². The Kier molecular flexibility index (Phi) is 4.04. The summed E-state index contributed by atoms with van der Waals surface area (Å²) in [5.41, 5.74) is 4.06. The molecule has 21 heavy (non-hydrogen) atoms. The first-order valence-electron chi connectivity index (χ1n) is 7.25. The summed E-state index contributed by atoms with van der Waals surface area (Å²) < 4.78 is 8.63. The van der Waals surface area contributed by atoms with E-state index in [1.165, 1.54) is 5.56 Å². The van der Waals surface area contributed by atoms with E-state index in [1.807, 2.05) is 30.7 Å². The van der Waals surface area contributed by atoms with Crippen LogP contribution in [0.4, 0.5) is 0 Å². The lowest BCUT2D eigenvalue weighted by Gasteiger charge is -2.15. The van der Waals surface area contributed by atoms with Gasteiger partial charge in [0, 0.05) is 23.9 Å². The van der Waals surface area contributed by atoms with Crippen molar-refractivity contribution in [1.82, 2.24) is 9.78 Å². The van der Waals surface area contributed by atoms with Crippen LogP contribution < -0.4 is 4.74 Å². The lowest BCUT2D eigenvalue weighted by atomic mass is 10.0. The smallest absolute Gasteiger partial charge is 0.125 e. The summed E-state index contributed by atoms with van der Waals surface area (Å²) in [6, 6.07) is 6.08. The van der Waals surface area contributed by atoms with Gasteiger partial charge in [-0.25, -0.2) is 0 Å². The molecule has 1 aliphatic heterocycles. The zero-order valence-corrected chi connectivity index (χ0v) is 13.9. The van der Waals surface area contributed by atoms with Crippen LogP contribution in [0.25, 0.3) is 0 Å². The lowest BCUT2D eigenvalue weighted by Crippen LogP contribution is -2.10. The largest absolute Gasteiger partial charge is 0.493 e. The van der Waals surface area contributed by atoms with E-state index in [0.717, 1.165) is 46.7 Å². The molecule has 5 heteroatoms. The molecule has 112 valence electrons. The second kappa shape index (κ2) is 5.81. The van der Waals surface area contributed by atoms with Crippen LogP contribution in [0, 0.1) is 6.92 Å². The van der Waals surface area contributed by atoms with Crippen molar-refractivity contribution >= 4 is 15.9 Å². The molecule has 1 unspecified atom stereocenters. The third kappa shape index (κ3) is 2.85. The van der Waals surface area contributed by atoms with E-state index in [1.54, 1.807) is 0 Å². The van der Waals surface area contributed by atoms with E-state index in [-0.39, 0.29) is 0 Å². The fourth-order valence-corrected chi connectivity index (χ4v) is 3.45. The first-order chi connectivity index (χ1) is 10.1. The average molecular weight is 351 g/mol. The number of nitrogens with zero attached hydrogens (tertiary/aromatic N) is 2. The number of benzene rings is 1. The number of aliphatic hydroxyl groups excluding tert-OH is 1. The normalized spacial score (nSPS) is 14.9. The molecule has 0 amide bonds. The highest BCUT2D eigenvalue weighted by molar-refractivity contribution is 9.10. The van der Waals surface area contributed by atoms with E-state index >= 15 is 0 Å². The average Bonchev–Trinajstić information content (AvgIpc) is 3.04. The monoisotopic (exact) mass is 350 g/mol. The van der Waals surface area contributed by atoms with Gasteiger partial charge >= 0.3 is 0 Å². The molecule has 1 N–H and O–H groups in total. The maximum Gasteiger partial charge on any atom is 0.125 e. The molecule has 0 fully saturated rings. The molecule has 4 nitrogen and oxygen atoms in total. The number of aryl methyl sites for hydroxylation is 2. The van der Waals surface area contributed by atoms with Crippen molar-refractivity contribution in [3.63, 3.8) is 0 Å². The fourth-order valence-electron chi connectivity index (χ4n) is 2.90. The fraction of sp³-hybridized carbons (Fsp3) is 0.438. The van der Waals surface area contributed by atoms with Gasteiger partial charge in [-0.3, -0.25) is 4.68 Å². The minimum atomic E-state index is -0.575. The molecule has 3 rings (SSSR count). The van der Waals surface area contributed by atoms with Crippen molar-refractivity contribution in [2.75, 3.05) is 6.61 Å². The summed E-state index contributed by atoms with van der Waals surface area (Å²) in [4.78, 5) is 0. The summed E-state index contributed by atoms with van der Waals surface area (Å²) >= 11 is 3.54. The Morgan fingerprint density at radius 2 is 2.24 bits per heavy atom. The van der Waals surface area contributed by atoms with E-state index in [2.05, 4.69) is 27.1 Å². The van der Waals surface area contributed by atoms with Gasteiger partial charge in [-0.2, -0.15) is 5.10 Å². The van der Waals surface area contributed by atoms with Gasteiger partial charge in [-0.05, 0) is 43.2 Å². The van der Waals surface area contributed by atoms with Crippen molar-refractivity contribution in [1.29, 1.82) is 0 Å². The Labute approximate surface area is 132 Å². The molecule has 2 heterocycles. The summed E-state index contributed by atoms with van der Waals surface area (Å²) in [5.74, 6) is 0.941. The molecule has 1 atom stereocenters. The van der Waals surface area contributed by atoms with E-state index in [9.17, 15) is 5.11 Å². The molecule has 0 saturated heterocycles. The molecule has 0 saturated carbocycles. The van der Waals surface area contributed by atoms with Crippen LogP contribution >= 0.6 is 15.9 Å². The molecule has 0 spiro atoms. The number of rotatable bonds is 4. The first-order valence-corrected chi connectivity index (χ1v) is 8.04. The first kappa shape index (κ1) is 14.6. The van der Waals surface area contributed by atoms with Gasteiger partial charge in [0.05, 0.1) is 24.1 Å². The summed E-state index contributed by atoms with van der Waals surface area (Å²) in [5, 5.41) is 15.0. The van der Waals surface area contributed by atoms with Gasteiger partial charge in [-0.1, -0.05) is 15.9 Å². The molecule has 1 aliphatic rings. The minimum absolute atomic E-state index is 0.535. The molecule has 0 bridgehead atoms. The van der Waals surface area contributed by atoms with E-state index in [4.69, 9.17) is 4.74 Å². The second-order valence-corrected chi connectivity index (χ2v) is 6.31. The number of hydrogen-bond donors (Lipinski definition) is 1. The van der Waals surface area contributed by atoms with E-state index in [0.29, 0.717) is 6.42 Å². The van der Waals surface area contributed by atoms with Crippen LogP contribution in [0.5, 0.6) is 5.75 Å². The van der Waals surface area contributed by atoms with Crippen LogP contribution in [-0.2, 0) is 19.4 Å². The standard InChI is InChI=1S/C16H19BrN2O2/c1-3-19-14(6-10(2)18-19)15(20)9-12-8-13(17)7-11-4-5-21-16(11)12/h6-8,15,20H,3-5,9H2,1-2H3. The number of halogens is 1. The van der Waals surface area contributed by atoms with Crippen molar-refractivity contribution in [3.8, 4) is 5.75 Å². The minimum Gasteiger partial charge on any atom is -0.493 e. The van der Waals surface area contributed by atoms with Crippen molar-refractivity contribution in [3.05, 3.63) is 45.2 Å². The molecule has 0 aliphatic carbocycles. The van der Waals surface area contributed by atoms with Gasteiger partial charge in [-0.15, -0.1) is 0 Å². The highest BCUT2D eigenvalue weighted by atomic mass is 79.9. The molecular formula is C16H19BrN2O2. The van der Waals surface area contributed by atoms with Gasteiger partial charge in [0.15, 0.2) is 0 Å². The third-order valence-corrected chi connectivity index (χ3v) is 4.27. The van der Waals surface area contributed by atoms with Gasteiger partial charge in [0.25, 0.3) is 0 Å². The Bertz CT molecular complexity index is 667. The zero-order valence-electron chi connectivity index (χ0n) is 12.3. The predicted molar refractivity (Wildman–Crippen MR) is 84.6 cm³/mol. The number of hydrogen-bond acceptors (Lipinski definition) is 3. The Balaban J connectivity index is 1.90. The molecule has 2 aromatic rings. The SMILES string of the molecule is CCn1nc(C)cc1C(O)Cc1cc(Br)cc2c1OCC2. The topological polar surface area (TPSA) is 47.3 Å². The number of fused-ring (bicyclic) bond motifs is 1. The van der Waals surface area contributed by atoms with E-state index < -0.39 is 6.10 Å². The summed E-state index contributed by atoms with van der Waals surface area (Å²) in [6.45, 7) is 5.46. The summed E-state index contributed by atoms with van der Waals surface area (Å²) in [7, 11) is 0. The van der Waals surface area contributed by atoms with Crippen molar-refractivity contribution in [2.24, 2.45) is 0 Å². The molecule has 1 aromatic heterocycles. The maximum absolute atomic E-state index is 10.6. The highest BCUT2D eigenvalue weighted by Gasteiger charge is 2.21. The maximum atomic E-state index is 10.6. The molecule has 0 radical (unpaired) electrons. The van der Waals surface area contributed by atoms with Crippen LogP contribution in [0.3, 0.4) is 0 Å². The quantitative estimate of drug-likeness (QED) is 0.920. The second-order valence-electron chi connectivity index (χ2n) is 5.40. The van der Waals surface area contributed by atoms with Crippen molar-refractivity contribution < 1.29 is 9.84 Å². The molecular weight excluding hydrogens is 332 g/mol. The predicted octanol–water partition coefficient (Wildman–Crippen LogP) is 3.18. The van der Waals surface area contributed by atoms with Gasteiger partial charge < -0.3 is 9.84 Å². The van der Waals surface area contributed by atoms with Crippen LogP contribution in [0.15, 0.2) is 22.7 Å². The van der Waals surface area contributed by atoms with Crippen LogP contribution in [-0.4, -0.2) is 21.5 Å². The Hall–Kier alpha value is -1.33. The van der Waals surface area contributed by atoms with Gasteiger partial charge in [0.2, 0.25) is 0 Å². The lowest BCUT2D eigenvalue weighted by molar-refractivity contribution is 0.166. The Morgan fingerprint density at radius 1 is 1.43 bits per heavy atom. The van der Waals surface area contributed by atoms with Crippen LogP contribution in [0.1, 0.15) is 35.5 Å². The summed E-state index contributed by atoms with van der Waals surface area (Å²) in [6.07, 6.45) is 0.894.